The molecule has 5 N–H and O–H groups in total. The minimum atomic E-state index is -0.982. The van der Waals surface area contributed by atoms with Gasteiger partial charge in [0.2, 0.25) is 0 Å². The monoisotopic (exact) mass is 266 g/mol. The zero-order valence-electron chi connectivity index (χ0n) is 10.7. The maximum Gasteiger partial charge on any atom is 0.328 e. The Morgan fingerprint density at radius 1 is 1.53 bits per heavy atom. The van der Waals surface area contributed by atoms with Crippen LogP contribution in [0.1, 0.15) is 24.4 Å². The summed E-state index contributed by atoms with van der Waals surface area (Å²) in [5, 5.41) is 9.04. The number of hydrogen-bond acceptors (Lipinski definition) is 4. The number of aliphatic carboxylic acids is 1. The molecule has 0 aliphatic carbocycles. The molecule has 1 aromatic heterocycles. The summed E-state index contributed by atoms with van der Waals surface area (Å²) in [6.07, 6.45) is 2.33. The van der Waals surface area contributed by atoms with Crippen LogP contribution < -0.4 is 11.5 Å². The number of hydrogen-bond donors (Lipinski definition) is 3. The SMILES string of the molecule is Cc1ccc(C=N[C@@H](CCCN=C(N)N)C(=O)O)o1. The van der Waals surface area contributed by atoms with Crippen LogP contribution in [0.4, 0.5) is 0 Å². The molecule has 0 fully saturated rings. The Labute approximate surface area is 111 Å². The molecule has 0 bridgehead atoms. The van der Waals surface area contributed by atoms with Crippen LogP contribution in [-0.4, -0.2) is 35.8 Å². The van der Waals surface area contributed by atoms with E-state index in [2.05, 4.69) is 9.98 Å². The van der Waals surface area contributed by atoms with Gasteiger partial charge in [0.05, 0.1) is 6.21 Å². The second kappa shape index (κ2) is 7.20. The average Bonchev–Trinajstić information content (AvgIpc) is 2.73. The minimum Gasteiger partial charge on any atom is -0.480 e. The maximum absolute atomic E-state index is 11.0. The largest absolute Gasteiger partial charge is 0.480 e. The quantitative estimate of drug-likeness (QED) is 0.376. The molecule has 0 radical (unpaired) electrons. The number of carboxylic acids is 1. The van der Waals surface area contributed by atoms with E-state index in [1.54, 1.807) is 19.1 Å². The molecule has 0 aliphatic rings. The predicted octanol–water partition coefficient (Wildman–Crippen LogP) is 0.514. The molecule has 0 amide bonds. The first-order valence-electron chi connectivity index (χ1n) is 5.87. The number of furan rings is 1. The van der Waals surface area contributed by atoms with Gasteiger partial charge in [-0.25, -0.2) is 4.79 Å². The maximum atomic E-state index is 11.0. The zero-order chi connectivity index (χ0) is 14.3. The highest BCUT2D eigenvalue weighted by atomic mass is 16.4. The summed E-state index contributed by atoms with van der Waals surface area (Å²) in [5.41, 5.74) is 10.4. The molecule has 7 heteroatoms. The van der Waals surface area contributed by atoms with E-state index in [1.165, 1.54) is 6.21 Å². The summed E-state index contributed by atoms with van der Waals surface area (Å²) >= 11 is 0. The van der Waals surface area contributed by atoms with Gasteiger partial charge in [-0.05, 0) is 31.9 Å². The van der Waals surface area contributed by atoms with Gasteiger partial charge in [-0.3, -0.25) is 9.98 Å². The van der Waals surface area contributed by atoms with E-state index in [4.69, 9.17) is 21.0 Å². The van der Waals surface area contributed by atoms with Crippen LogP contribution in [0.5, 0.6) is 0 Å². The molecule has 0 unspecified atom stereocenters. The topological polar surface area (TPSA) is 127 Å². The van der Waals surface area contributed by atoms with Crippen molar-refractivity contribution < 1.29 is 14.3 Å². The molecular formula is C12H18N4O3. The number of nitrogens with zero attached hydrogens (tertiary/aromatic N) is 2. The summed E-state index contributed by atoms with van der Waals surface area (Å²) in [7, 11) is 0. The van der Waals surface area contributed by atoms with E-state index in [9.17, 15) is 4.79 Å². The van der Waals surface area contributed by atoms with Crippen molar-refractivity contribution >= 4 is 18.1 Å². The van der Waals surface area contributed by atoms with E-state index in [-0.39, 0.29) is 5.96 Å². The van der Waals surface area contributed by atoms with Crippen molar-refractivity contribution in [3.05, 3.63) is 23.7 Å². The Kier molecular flexibility index (Phi) is 5.59. The van der Waals surface area contributed by atoms with Gasteiger partial charge in [-0.1, -0.05) is 0 Å². The highest BCUT2D eigenvalue weighted by molar-refractivity contribution is 5.81. The van der Waals surface area contributed by atoms with Gasteiger partial charge in [0, 0.05) is 6.54 Å². The molecule has 1 aromatic rings. The molecule has 104 valence electrons. The van der Waals surface area contributed by atoms with Gasteiger partial charge in [-0.15, -0.1) is 0 Å². The number of guanidine groups is 1. The molecule has 0 saturated heterocycles. The Bertz CT molecular complexity index is 475. The molecule has 7 nitrogen and oxygen atoms in total. The van der Waals surface area contributed by atoms with Crippen LogP contribution in [0.2, 0.25) is 0 Å². The van der Waals surface area contributed by atoms with E-state index >= 15 is 0 Å². The van der Waals surface area contributed by atoms with Crippen molar-refractivity contribution in [1.82, 2.24) is 0 Å². The van der Waals surface area contributed by atoms with Crippen molar-refractivity contribution in [3.8, 4) is 0 Å². The van der Waals surface area contributed by atoms with Gasteiger partial charge in [0.1, 0.15) is 17.6 Å². The Morgan fingerprint density at radius 3 is 2.79 bits per heavy atom. The first-order chi connectivity index (χ1) is 8.99. The number of nitrogens with two attached hydrogens (primary N) is 2. The van der Waals surface area contributed by atoms with E-state index < -0.39 is 12.0 Å². The lowest BCUT2D eigenvalue weighted by atomic mass is 10.1. The fourth-order valence-electron chi connectivity index (χ4n) is 1.44. The van der Waals surface area contributed by atoms with Crippen molar-refractivity contribution in [3.63, 3.8) is 0 Å². The number of carboxylic acid groups (broad SMARTS) is 1. The van der Waals surface area contributed by atoms with Crippen LogP contribution in [-0.2, 0) is 4.79 Å². The number of rotatable bonds is 7. The summed E-state index contributed by atoms with van der Waals surface area (Å²) in [6.45, 7) is 2.20. The Morgan fingerprint density at radius 2 is 2.26 bits per heavy atom. The van der Waals surface area contributed by atoms with Crippen LogP contribution in [0.3, 0.4) is 0 Å². The lowest BCUT2D eigenvalue weighted by molar-refractivity contribution is -0.138. The number of carbonyl (C=O) groups is 1. The van der Waals surface area contributed by atoms with Gasteiger partial charge < -0.3 is 21.0 Å². The molecule has 1 atom stereocenters. The normalized spacial score (nSPS) is 12.5. The first kappa shape index (κ1) is 14.7. The average molecular weight is 266 g/mol. The van der Waals surface area contributed by atoms with Gasteiger partial charge >= 0.3 is 5.97 Å². The van der Waals surface area contributed by atoms with Crippen molar-refractivity contribution in [2.24, 2.45) is 21.5 Å². The van der Waals surface area contributed by atoms with Gasteiger partial charge in [0.25, 0.3) is 0 Å². The van der Waals surface area contributed by atoms with Gasteiger partial charge in [0.15, 0.2) is 5.96 Å². The standard InChI is InChI=1S/C12H18N4O3/c1-8-4-5-9(19-8)7-16-10(11(17)18)3-2-6-15-12(13)14/h4-5,7,10H,2-3,6H2,1H3,(H,17,18)(H4,13,14,15)/t10-/m0/s1. The van der Waals surface area contributed by atoms with Crippen LogP contribution >= 0.6 is 0 Å². The molecule has 0 aromatic carbocycles. The first-order valence-corrected chi connectivity index (χ1v) is 5.87. The molecule has 1 rings (SSSR count). The zero-order valence-corrected chi connectivity index (χ0v) is 10.7. The van der Waals surface area contributed by atoms with Gasteiger partial charge in [-0.2, -0.15) is 0 Å². The molecule has 0 saturated carbocycles. The summed E-state index contributed by atoms with van der Waals surface area (Å²) in [5.74, 6) is 0.305. The second-order valence-electron chi connectivity index (χ2n) is 4.03. The van der Waals surface area contributed by atoms with E-state index in [0.29, 0.717) is 25.1 Å². The van der Waals surface area contributed by atoms with Crippen molar-refractivity contribution in [2.75, 3.05) is 6.54 Å². The second-order valence-corrected chi connectivity index (χ2v) is 4.03. The third kappa shape index (κ3) is 5.71. The van der Waals surface area contributed by atoms with E-state index in [1.807, 2.05) is 0 Å². The fraction of sp³-hybridized carbons (Fsp3) is 0.417. The van der Waals surface area contributed by atoms with E-state index in [0.717, 1.165) is 5.76 Å². The van der Waals surface area contributed by atoms with Crippen molar-refractivity contribution in [2.45, 2.75) is 25.8 Å². The summed E-state index contributed by atoms with van der Waals surface area (Å²) in [6, 6.07) is 2.70. The van der Waals surface area contributed by atoms with Crippen LogP contribution in [0.25, 0.3) is 0 Å². The fourth-order valence-corrected chi connectivity index (χ4v) is 1.44. The lowest BCUT2D eigenvalue weighted by Crippen LogP contribution is -2.23. The third-order valence-corrected chi connectivity index (χ3v) is 2.36. The Balaban J connectivity index is 2.51. The molecule has 1 heterocycles. The number of aryl methyl sites for hydroxylation is 1. The third-order valence-electron chi connectivity index (χ3n) is 2.36. The molecule has 0 aliphatic heterocycles. The smallest absolute Gasteiger partial charge is 0.328 e. The molecule has 0 spiro atoms. The predicted molar refractivity (Wildman–Crippen MR) is 72.4 cm³/mol. The molecular weight excluding hydrogens is 248 g/mol. The van der Waals surface area contributed by atoms with Crippen molar-refractivity contribution in [1.29, 1.82) is 0 Å². The lowest BCUT2D eigenvalue weighted by Gasteiger charge is -2.05. The van der Waals surface area contributed by atoms with Crippen LogP contribution in [0.15, 0.2) is 26.5 Å². The number of aliphatic imine (C=N–C) groups is 2. The summed E-state index contributed by atoms with van der Waals surface area (Å²) in [4.78, 5) is 18.8. The minimum absolute atomic E-state index is 0.00133. The Hall–Kier alpha value is -2.31. The highest BCUT2D eigenvalue weighted by Gasteiger charge is 2.14. The highest BCUT2D eigenvalue weighted by Crippen LogP contribution is 2.06. The summed E-state index contributed by atoms with van der Waals surface area (Å²) < 4.78 is 5.27. The van der Waals surface area contributed by atoms with Crippen LogP contribution in [0, 0.1) is 6.92 Å². The molecule has 19 heavy (non-hydrogen) atoms.